The first kappa shape index (κ1) is 16.7. The SMILES string of the molecule is CCOc1ccc(C(=O)Nc2c(F)cccc2F)cc1OCC. The molecule has 4 nitrogen and oxygen atoms in total. The zero-order chi connectivity index (χ0) is 16.8. The van der Waals surface area contributed by atoms with Crippen molar-refractivity contribution in [3.8, 4) is 11.5 Å². The fourth-order valence-electron chi connectivity index (χ4n) is 2.00. The van der Waals surface area contributed by atoms with Gasteiger partial charge in [0, 0.05) is 5.56 Å². The van der Waals surface area contributed by atoms with Gasteiger partial charge in [-0.3, -0.25) is 4.79 Å². The van der Waals surface area contributed by atoms with Crippen molar-refractivity contribution < 1.29 is 23.0 Å². The van der Waals surface area contributed by atoms with Gasteiger partial charge in [-0.1, -0.05) is 6.07 Å². The monoisotopic (exact) mass is 321 g/mol. The Kier molecular flexibility index (Phi) is 5.51. The van der Waals surface area contributed by atoms with Crippen LogP contribution in [0.25, 0.3) is 0 Å². The van der Waals surface area contributed by atoms with Gasteiger partial charge in [0.25, 0.3) is 5.91 Å². The molecule has 1 N–H and O–H groups in total. The predicted molar refractivity (Wildman–Crippen MR) is 83.1 cm³/mol. The summed E-state index contributed by atoms with van der Waals surface area (Å²) < 4.78 is 38.0. The highest BCUT2D eigenvalue weighted by molar-refractivity contribution is 6.04. The van der Waals surface area contributed by atoms with Gasteiger partial charge in [0.2, 0.25) is 0 Å². The van der Waals surface area contributed by atoms with Crippen LogP contribution in [0.3, 0.4) is 0 Å². The number of carbonyl (C=O) groups is 1. The van der Waals surface area contributed by atoms with Crippen molar-refractivity contribution in [2.24, 2.45) is 0 Å². The summed E-state index contributed by atoms with van der Waals surface area (Å²) in [4.78, 5) is 12.2. The van der Waals surface area contributed by atoms with Gasteiger partial charge in [0.15, 0.2) is 11.5 Å². The van der Waals surface area contributed by atoms with Crippen LogP contribution < -0.4 is 14.8 Å². The highest BCUT2D eigenvalue weighted by Gasteiger charge is 2.15. The molecule has 0 spiro atoms. The number of nitrogens with one attached hydrogen (secondary N) is 1. The molecule has 0 aliphatic heterocycles. The van der Waals surface area contributed by atoms with Crippen molar-refractivity contribution in [2.45, 2.75) is 13.8 Å². The molecule has 6 heteroatoms. The Hall–Kier alpha value is -2.63. The normalized spacial score (nSPS) is 10.3. The largest absolute Gasteiger partial charge is 0.490 e. The smallest absolute Gasteiger partial charge is 0.255 e. The van der Waals surface area contributed by atoms with Gasteiger partial charge < -0.3 is 14.8 Å². The fraction of sp³-hybridized carbons (Fsp3) is 0.235. The lowest BCUT2D eigenvalue weighted by Crippen LogP contribution is -2.14. The van der Waals surface area contributed by atoms with Gasteiger partial charge in [-0.25, -0.2) is 8.78 Å². The molecule has 0 aliphatic rings. The van der Waals surface area contributed by atoms with E-state index < -0.39 is 23.2 Å². The van der Waals surface area contributed by atoms with Gasteiger partial charge >= 0.3 is 0 Å². The zero-order valence-corrected chi connectivity index (χ0v) is 12.9. The van der Waals surface area contributed by atoms with Gasteiger partial charge in [0.1, 0.15) is 17.3 Å². The molecule has 1 amide bonds. The number of amides is 1. The molecule has 0 aromatic heterocycles. The number of para-hydroxylation sites is 1. The van der Waals surface area contributed by atoms with Crippen molar-refractivity contribution >= 4 is 11.6 Å². The Labute approximate surface area is 133 Å². The second kappa shape index (κ2) is 7.58. The van der Waals surface area contributed by atoms with Crippen molar-refractivity contribution in [3.63, 3.8) is 0 Å². The molecular weight excluding hydrogens is 304 g/mol. The molecule has 2 rings (SSSR count). The third kappa shape index (κ3) is 3.97. The molecule has 0 fully saturated rings. The summed E-state index contributed by atoms with van der Waals surface area (Å²) in [7, 11) is 0. The van der Waals surface area contributed by atoms with Crippen LogP contribution in [-0.2, 0) is 0 Å². The molecular formula is C17H17F2NO3. The third-order valence-corrected chi connectivity index (χ3v) is 3.01. The van der Waals surface area contributed by atoms with E-state index in [0.29, 0.717) is 24.7 Å². The Bertz CT molecular complexity index is 684. The van der Waals surface area contributed by atoms with E-state index >= 15 is 0 Å². The van der Waals surface area contributed by atoms with E-state index in [1.54, 1.807) is 13.0 Å². The Morgan fingerprint density at radius 1 is 1.00 bits per heavy atom. The number of rotatable bonds is 6. The van der Waals surface area contributed by atoms with E-state index in [1.807, 2.05) is 6.92 Å². The van der Waals surface area contributed by atoms with Gasteiger partial charge in [-0.15, -0.1) is 0 Å². The quantitative estimate of drug-likeness (QED) is 0.874. The molecule has 2 aromatic carbocycles. The van der Waals surface area contributed by atoms with E-state index in [-0.39, 0.29) is 5.56 Å². The minimum absolute atomic E-state index is 0.208. The lowest BCUT2D eigenvalue weighted by Gasteiger charge is -2.13. The van der Waals surface area contributed by atoms with Crippen LogP contribution in [0.15, 0.2) is 36.4 Å². The molecule has 2 aromatic rings. The summed E-state index contributed by atoms with van der Waals surface area (Å²) in [6, 6.07) is 7.93. The summed E-state index contributed by atoms with van der Waals surface area (Å²) in [5.74, 6) is -1.42. The Balaban J connectivity index is 2.27. The summed E-state index contributed by atoms with van der Waals surface area (Å²) >= 11 is 0. The van der Waals surface area contributed by atoms with Crippen LogP contribution in [-0.4, -0.2) is 19.1 Å². The molecule has 0 heterocycles. The number of carbonyl (C=O) groups excluding carboxylic acids is 1. The molecule has 23 heavy (non-hydrogen) atoms. The zero-order valence-electron chi connectivity index (χ0n) is 12.9. The maximum absolute atomic E-state index is 13.6. The van der Waals surface area contributed by atoms with Crippen LogP contribution in [0.4, 0.5) is 14.5 Å². The minimum Gasteiger partial charge on any atom is -0.490 e. The maximum Gasteiger partial charge on any atom is 0.255 e. The lowest BCUT2D eigenvalue weighted by atomic mass is 10.1. The van der Waals surface area contributed by atoms with E-state index in [4.69, 9.17) is 9.47 Å². The highest BCUT2D eigenvalue weighted by Crippen LogP contribution is 2.29. The van der Waals surface area contributed by atoms with Crippen molar-refractivity contribution in [1.82, 2.24) is 0 Å². The summed E-state index contributed by atoms with van der Waals surface area (Å²) in [5, 5.41) is 2.23. The molecule has 0 saturated heterocycles. The van der Waals surface area contributed by atoms with Crippen molar-refractivity contribution in [1.29, 1.82) is 0 Å². The average Bonchev–Trinajstić information content (AvgIpc) is 2.53. The third-order valence-electron chi connectivity index (χ3n) is 3.01. The number of anilines is 1. The molecule has 0 radical (unpaired) electrons. The molecule has 0 unspecified atom stereocenters. The van der Waals surface area contributed by atoms with Gasteiger partial charge in [-0.2, -0.15) is 0 Å². The maximum atomic E-state index is 13.6. The van der Waals surface area contributed by atoms with Crippen LogP contribution in [0.2, 0.25) is 0 Å². The van der Waals surface area contributed by atoms with E-state index in [1.165, 1.54) is 18.2 Å². The van der Waals surface area contributed by atoms with Crippen LogP contribution >= 0.6 is 0 Å². The van der Waals surface area contributed by atoms with Crippen molar-refractivity contribution in [2.75, 3.05) is 18.5 Å². The Morgan fingerprint density at radius 3 is 2.22 bits per heavy atom. The molecule has 0 atom stereocenters. The predicted octanol–water partition coefficient (Wildman–Crippen LogP) is 4.01. The van der Waals surface area contributed by atoms with E-state index in [9.17, 15) is 13.6 Å². The van der Waals surface area contributed by atoms with Crippen molar-refractivity contribution in [3.05, 3.63) is 53.6 Å². The molecule has 0 bridgehead atoms. The number of hydrogen-bond donors (Lipinski definition) is 1. The summed E-state index contributed by atoms with van der Waals surface area (Å²) in [5.41, 5.74) is -0.274. The molecule has 0 aliphatic carbocycles. The highest BCUT2D eigenvalue weighted by atomic mass is 19.1. The molecule has 122 valence electrons. The first-order valence-corrected chi connectivity index (χ1v) is 7.21. The minimum atomic E-state index is -0.839. The average molecular weight is 321 g/mol. The van der Waals surface area contributed by atoms with Crippen LogP contribution in [0.5, 0.6) is 11.5 Å². The second-order valence-corrected chi connectivity index (χ2v) is 4.58. The summed E-state index contributed by atoms with van der Waals surface area (Å²) in [6.45, 7) is 4.48. The van der Waals surface area contributed by atoms with Crippen LogP contribution in [0, 0.1) is 11.6 Å². The number of halogens is 2. The fourth-order valence-corrected chi connectivity index (χ4v) is 2.00. The van der Waals surface area contributed by atoms with E-state index in [0.717, 1.165) is 12.1 Å². The number of ether oxygens (including phenoxy) is 2. The van der Waals surface area contributed by atoms with E-state index in [2.05, 4.69) is 5.32 Å². The number of benzene rings is 2. The lowest BCUT2D eigenvalue weighted by molar-refractivity contribution is 0.102. The Morgan fingerprint density at radius 2 is 1.61 bits per heavy atom. The first-order valence-electron chi connectivity index (χ1n) is 7.21. The molecule has 0 saturated carbocycles. The number of hydrogen-bond acceptors (Lipinski definition) is 3. The topological polar surface area (TPSA) is 47.6 Å². The second-order valence-electron chi connectivity index (χ2n) is 4.58. The van der Waals surface area contributed by atoms with Crippen LogP contribution in [0.1, 0.15) is 24.2 Å². The summed E-state index contributed by atoms with van der Waals surface area (Å²) in [6.07, 6.45) is 0. The van der Waals surface area contributed by atoms with Gasteiger partial charge in [0.05, 0.1) is 13.2 Å². The first-order chi connectivity index (χ1) is 11.1. The standard InChI is InChI=1S/C17H17F2NO3/c1-3-22-14-9-8-11(10-15(14)23-4-2)17(21)20-16-12(18)6-5-7-13(16)19/h5-10H,3-4H2,1-2H3,(H,20,21). The van der Waals surface area contributed by atoms with Gasteiger partial charge in [-0.05, 0) is 44.2 Å².